The van der Waals surface area contributed by atoms with Crippen LogP contribution in [0, 0.1) is 0 Å². The average molecular weight is 760 g/mol. The van der Waals surface area contributed by atoms with Gasteiger partial charge in [-0.25, -0.2) is 0 Å². The second-order valence-electron chi connectivity index (χ2n) is 14.7. The Kier molecular flexibility index (Phi) is 43.0. The van der Waals surface area contributed by atoms with E-state index in [0.29, 0.717) is 6.42 Å². The molecular formula is C51H85NO3. The second-order valence-corrected chi connectivity index (χ2v) is 14.7. The van der Waals surface area contributed by atoms with Crippen LogP contribution in [-0.4, -0.2) is 34.9 Å². The Balaban J connectivity index is 3.49. The molecule has 0 saturated carbocycles. The van der Waals surface area contributed by atoms with Gasteiger partial charge in [-0.3, -0.25) is 4.79 Å². The summed E-state index contributed by atoms with van der Waals surface area (Å²) in [5.41, 5.74) is 0. The number of aliphatic hydroxyl groups excluding tert-OH is 2. The van der Waals surface area contributed by atoms with Gasteiger partial charge in [-0.1, -0.05) is 213 Å². The summed E-state index contributed by atoms with van der Waals surface area (Å²) in [6.45, 7) is 4.04. The van der Waals surface area contributed by atoms with Crippen LogP contribution >= 0.6 is 0 Å². The third-order valence-electron chi connectivity index (χ3n) is 9.51. The van der Waals surface area contributed by atoms with Gasteiger partial charge in [-0.05, 0) is 77.0 Å². The van der Waals surface area contributed by atoms with E-state index in [4.69, 9.17) is 0 Å². The van der Waals surface area contributed by atoms with Crippen LogP contribution in [0.5, 0.6) is 0 Å². The topological polar surface area (TPSA) is 69.6 Å². The van der Waals surface area contributed by atoms with Crippen molar-refractivity contribution in [2.24, 2.45) is 0 Å². The standard InChI is InChI=1S/C51H85NO3/c1-3-5-7-9-10-11-12-13-14-15-16-17-18-19-20-21-22-23-24-25-26-27-28-29-30-31-32-33-34-35-36-37-38-39-40-41-42-43-45-47-51(55)52-49(48-53)50(54)46-44-8-6-4-2/h5,7,10-11,13-14,16-17,19-20,22-23,25-26,28-29,44,46,49-50,53-54H,3-4,6,8-9,12,15,18,21,24,27,30-43,45,47-48H2,1-2H3,(H,52,55)/b7-5-,11-10-,14-13-,17-16-,20-19-,23-22-,26-25-,29-28-,46-44+. The van der Waals surface area contributed by atoms with Crippen molar-refractivity contribution in [2.75, 3.05) is 6.61 Å². The molecule has 1 amide bonds. The summed E-state index contributed by atoms with van der Waals surface area (Å²) in [6, 6.07) is -0.623. The van der Waals surface area contributed by atoms with Crippen LogP contribution in [0.1, 0.15) is 187 Å². The maximum absolute atomic E-state index is 12.2. The normalized spacial score (nSPS) is 14.0. The molecule has 0 saturated heterocycles. The number of allylic oxidation sites excluding steroid dienone is 17. The van der Waals surface area contributed by atoms with Crippen molar-refractivity contribution in [1.82, 2.24) is 5.32 Å². The Bertz CT molecular complexity index is 1090. The lowest BCUT2D eigenvalue weighted by Crippen LogP contribution is -2.45. The molecule has 0 aliphatic heterocycles. The number of amides is 1. The van der Waals surface area contributed by atoms with E-state index in [1.54, 1.807) is 6.08 Å². The minimum atomic E-state index is -0.839. The van der Waals surface area contributed by atoms with E-state index in [-0.39, 0.29) is 12.5 Å². The molecule has 4 heteroatoms. The fourth-order valence-corrected chi connectivity index (χ4v) is 6.06. The molecule has 2 unspecified atom stereocenters. The average Bonchev–Trinajstić information content (AvgIpc) is 3.19. The first-order valence-electron chi connectivity index (χ1n) is 22.6. The molecule has 0 heterocycles. The minimum absolute atomic E-state index is 0.0794. The molecule has 0 spiro atoms. The van der Waals surface area contributed by atoms with Crippen molar-refractivity contribution < 1.29 is 15.0 Å². The number of rotatable bonds is 39. The summed E-state index contributed by atoms with van der Waals surface area (Å²) in [6.07, 6.45) is 69.8. The van der Waals surface area contributed by atoms with Gasteiger partial charge in [-0.15, -0.1) is 0 Å². The Morgan fingerprint density at radius 3 is 1.18 bits per heavy atom. The molecular weight excluding hydrogens is 675 g/mol. The maximum atomic E-state index is 12.2. The molecule has 2 atom stereocenters. The molecule has 0 rings (SSSR count). The number of aliphatic hydroxyl groups is 2. The van der Waals surface area contributed by atoms with Crippen LogP contribution in [0.4, 0.5) is 0 Å². The third-order valence-corrected chi connectivity index (χ3v) is 9.51. The van der Waals surface area contributed by atoms with Crippen LogP contribution in [-0.2, 0) is 4.79 Å². The third kappa shape index (κ3) is 42.0. The van der Waals surface area contributed by atoms with Gasteiger partial charge >= 0.3 is 0 Å². The lowest BCUT2D eigenvalue weighted by atomic mass is 10.0. The Hall–Kier alpha value is -2.95. The summed E-state index contributed by atoms with van der Waals surface area (Å²) >= 11 is 0. The van der Waals surface area contributed by atoms with Crippen LogP contribution in [0.2, 0.25) is 0 Å². The van der Waals surface area contributed by atoms with Crippen molar-refractivity contribution in [2.45, 2.75) is 199 Å². The van der Waals surface area contributed by atoms with Crippen LogP contribution < -0.4 is 5.32 Å². The molecule has 0 aromatic rings. The van der Waals surface area contributed by atoms with Gasteiger partial charge < -0.3 is 15.5 Å². The highest BCUT2D eigenvalue weighted by Gasteiger charge is 2.17. The molecule has 0 aliphatic rings. The Morgan fingerprint density at radius 1 is 0.455 bits per heavy atom. The van der Waals surface area contributed by atoms with E-state index in [1.165, 1.54) is 83.5 Å². The highest BCUT2D eigenvalue weighted by Crippen LogP contribution is 2.14. The Morgan fingerprint density at radius 2 is 0.800 bits per heavy atom. The van der Waals surface area contributed by atoms with Crippen molar-refractivity contribution in [3.05, 3.63) is 109 Å². The van der Waals surface area contributed by atoms with Gasteiger partial charge in [0.25, 0.3) is 0 Å². The lowest BCUT2D eigenvalue weighted by Gasteiger charge is -2.19. The molecule has 3 N–H and O–H groups in total. The predicted molar refractivity (Wildman–Crippen MR) is 243 cm³/mol. The lowest BCUT2D eigenvalue weighted by molar-refractivity contribution is -0.123. The zero-order chi connectivity index (χ0) is 40.0. The molecule has 0 aliphatic carbocycles. The highest BCUT2D eigenvalue weighted by atomic mass is 16.3. The van der Waals surface area contributed by atoms with Crippen molar-refractivity contribution in [1.29, 1.82) is 0 Å². The van der Waals surface area contributed by atoms with E-state index in [1.807, 2.05) is 6.08 Å². The van der Waals surface area contributed by atoms with E-state index in [9.17, 15) is 15.0 Å². The molecule has 0 bridgehead atoms. The first kappa shape index (κ1) is 52.0. The van der Waals surface area contributed by atoms with Crippen LogP contribution in [0.15, 0.2) is 109 Å². The summed E-state index contributed by atoms with van der Waals surface area (Å²) in [4.78, 5) is 12.2. The van der Waals surface area contributed by atoms with Gasteiger partial charge in [0.05, 0.1) is 18.8 Å². The Labute approximate surface area is 340 Å². The smallest absolute Gasteiger partial charge is 0.220 e. The quantitative estimate of drug-likeness (QED) is 0.0432. The van der Waals surface area contributed by atoms with Gasteiger partial charge in [-0.2, -0.15) is 0 Å². The number of hydrogen-bond acceptors (Lipinski definition) is 3. The van der Waals surface area contributed by atoms with E-state index < -0.39 is 12.1 Å². The van der Waals surface area contributed by atoms with E-state index in [2.05, 4.69) is 116 Å². The maximum Gasteiger partial charge on any atom is 0.220 e. The predicted octanol–water partition coefficient (Wildman–Crippen LogP) is 14.4. The zero-order valence-corrected chi connectivity index (χ0v) is 35.6. The number of carbonyl (C=O) groups excluding carboxylic acids is 1. The minimum Gasteiger partial charge on any atom is -0.394 e. The zero-order valence-electron chi connectivity index (χ0n) is 35.6. The largest absolute Gasteiger partial charge is 0.394 e. The van der Waals surface area contributed by atoms with E-state index >= 15 is 0 Å². The second kappa shape index (κ2) is 45.4. The monoisotopic (exact) mass is 760 g/mol. The summed E-state index contributed by atoms with van der Waals surface area (Å²) in [7, 11) is 0. The number of carbonyl (C=O) groups is 1. The summed E-state index contributed by atoms with van der Waals surface area (Å²) in [5.74, 6) is -0.0794. The first-order valence-corrected chi connectivity index (χ1v) is 22.6. The SMILES string of the molecule is CC/C=C\C/C=C\C/C=C\C/C=C\C/C=C\C/C=C\C/C=C\C/C=C\CCCCCCCCCCCCCCCCC(=O)NC(CO)C(O)/C=C/CCCC. The van der Waals surface area contributed by atoms with Crippen molar-refractivity contribution in [3.8, 4) is 0 Å². The summed E-state index contributed by atoms with van der Waals surface area (Å²) < 4.78 is 0. The molecule has 4 nitrogen and oxygen atoms in total. The molecule has 0 aromatic carbocycles. The van der Waals surface area contributed by atoms with Gasteiger partial charge in [0, 0.05) is 6.42 Å². The number of unbranched alkanes of at least 4 members (excludes halogenated alkanes) is 16. The number of nitrogens with one attached hydrogen (secondary N) is 1. The number of hydrogen-bond donors (Lipinski definition) is 3. The molecule has 312 valence electrons. The van der Waals surface area contributed by atoms with Crippen LogP contribution in [0.25, 0.3) is 0 Å². The van der Waals surface area contributed by atoms with Crippen molar-refractivity contribution >= 4 is 5.91 Å². The highest BCUT2D eigenvalue weighted by molar-refractivity contribution is 5.76. The fourth-order valence-electron chi connectivity index (χ4n) is 6.06. The van der Waals surface area contributed by atoms with Crippen LogP contribution in [0.3, 0.4) is 0 Å². The van der Waals surface area contributed by atoms with Gasteiger partial charge in [0.2, 0.25) is 5.91 Å². The van der Waals surface area contributed by atoms with Gasteiger partial charge in [0.15, 0.2) is 0 Å². The molecule has 0 aromatic heterocycles. The fraction of sp³-hybridized carbons (Fsp3) is 0.627. The van der Waals surface area contributed by atoms with Crippen molar-refractivity contribution in [3.63, 3.8) is 0 Å². The molecule has 55 heavy (non-hydrogen) atoms. The molecule has 0 fully saturated rings. The van der Waals surface area contributed by atoms with E-state index in [0.717, 1.165) is 83.5 Å². The summed E-state index contributed by atoms with van der Waals surface area (Å²) in [5, 5.41) is 22.5. The first-order chi connectivity index (χ1) is 27.2. The van der Waals surface area contributed by atoms with Gasteiger partial charge in [0.1, 0.15) is 0 Å². The molecule has 0 radical (unpaired) electrons.